The minimum Gasteiger partial charge on any atom is -0.354 e. The zero-order valence-corrected chi connectivity index (χ0v) is 22.5. The lowest BCUT2D eigenvalue weighted by atomic mass is 9.93. The van der Waals surface area contributed by atoms with Gasteiger partial charge in [0.2, 0.25) is 17.7 Å². The number of amides is 3. The smallest absolute Gasteiger partial charge is 0.247 e. The van der Waals surface area contributed by atoms with Gasteiger partial charge in [-0.1, -0.05) is 12.2 Å². The molecule has 11 heteroatoms. The lowest BCUT2D eigenvalue weighted by Gasteiger charge is -2.30. The Morgan fingerprint density at radius 3 is 2.26 bits per heavy atom. The summed E-state index contributed by atoms with van der Waals surface area (Å²) in [7, 11) is -2.97. The van der Waals surface area contributed by atoms with Crippen molar-refractivity contribution < 1.29 is 22.8 Å². The van der Waals surface area contributed by atoms with E-state index < -0.39 is 20.9 Å². The molecule has 2 rings (SSSR count). The molecule has 0 aromatic heterocycles. The van der Waals surface area contributed by atoms with Gasteiger partial charge in [0.25, 0.3) is 0 Å². The largest absolute Gasteiger partial charge is 0.354 e. The third-order valence-corrected chi connectivity index (χ3v) is 7.27. The highest BCUT2D eigenvalue weighted by Gasteiger charge is 2.27. The molecule has 2 heterocycles. The number of carbonyl (C=O) groups is 3. The molecule has 198 valence electrons. The van der Waals surface area contributed by atoms with Crippen LogP contribution in [0.1, 0.15) is 41.0 Å². The van der Waals surface area contributed by atoms with Crippen molar-refractivity contribution in [2.75, 3.05) is 57.3 Å². The van der Waals surface area contributed by atoms with E-state index in [0.29, 0.717) is 51.3 Å². The first-order chi connectivity index (χ1) is 16.1. The van der Waals surface area contributed by atoms with E-state index in [1.165, 1.54) is 6.08 Å². The lowest BCUT2D eigenvalue weighted by Crippen LogP contribution is -2.47. The molecular formula is C24H41N5O5S. The summed E-state index contributed by atoms with van der Waals surface area (Å²) in [4.78, 5) is 41.0. The van der Waals surface area contributed by atoms with Crippen LogP contribution in [0.5, 0.6) is 0 Å². The third-order valence-electron chi connectivity index (χ3n) is 5.66. The van der Waals surface area contributed by atoms with Crippen LogP contribution in [0.25, 0.3) is 0 Å². The van der Waals surface area contributed by atoms with Gasteiger partial charge in [-0.3, -0.25) is 24.2 Å². The van der Waals surface area contributed by atoms with Gasteiger partial charge in [-0.15, -0.1) is 0 Å². The van der Waals surface area contributed by atoms with E-state index in [4.69, 9.17) is 0 Å². The zero-order chi connectivity index (χ0) is 26.3. The second kappa shape index (κ2) is 12.1. The first kappa shape index (κ1) is 29.0. The highest BCUT2D eigenvalue weighted by Crippen LogP contribution is 2.18. The van der Waals surface area contributed by atoms with E-state index in [-0.39, 0.29) is 29.2 Å². The van der Waals surface area contributed by atoms with Crippen molar-refractivity contribution in [3.05, 3.63) is 23.8 Å². The molecule has 0 unspecified atom stereocenters. The summed E-state index contributed by atoms with van der Waals surface area (Å²) < 4.78 is 23.4. The van der Waals surface area contributed by atoms with E-state index in [1.54, 1.807) is 6.08 Å². The summed E-state index contributed by atoms with van der Waals surface area (Å²) >= 11 is 0. The number of hydrogen-bond donors (Lipinski definition) is 3. The number of hydrogen-bond acceptors (Lipinski definition) is 7. The molecule has 0 spiro atoms. The van der Waals surface area contributed by atoms with E-state index in [2.05, 4.69) is 16.0 Å². The van der Waals surface area contributed by atoms with Gasteiger partial charge in [-0.25, -0.2) is 8.42 Å². The van der Waals surface area contributed by atoms with Crippen molar-refractivity contribution in [1.29, 1.82) is 0 Å². The van der Waals surface area contributed by atoms with E-state index in [0.717, 1.165) is 6.54 Å². The maximum atomic E-state index is 13.0. The summed E-state index contributed by atoms with van der Waals surface area (Å²) in [6, 6.07) is 0. The summed E-state index contributed by atoms with van der Waals surface area (Å²) in [5.41, 5.74) is -0.572. The predicted molar refractivity (Wildman–Crippen MR) is 137 cm³/mol. The highest BCUT2D eigenvalue weighted by molar-refractivity contribution is 7.91. The number of rotatable bonds is 9. The minimum atomic E-state index is -2.97. The average Bonchev–Trinajstić information content (AvgIpc) is 2.70. The second-order valence-corrected chi connectivity index (χ2v) is 13.2. The fourth-order valence-corrected chi connectivity index (χ4v) is 5.17. The molecule has 3 amide bonds. The van der Waals surface area contributed by atoms with Gasteiger partial charge in [-0.2, -0.15) is 0 Å². The molecule has 0 aromatic carbocycles. The maximum absolute atomic E-state index is 13.0. The van der Waals surface area contributed by atoms with Crippen molar-refractivity contribution >= 4 is 27.6 Å². The first-order valence-corrected chi connectivity index (χ1v) is 13.9. The Labute approximate surface area is 209 Å². The summed E-state index contributed by atoms with van der Waals surface area (Å²) in [5.74, 6) is -0.244. The van der Waals surface area contributed by atoms with Crippen LogP contribution in [0.15, 0.2) is 23.8 Å². The fraction of sp³-hybridized carbons (Fsp3) is 0.708. The van der Waals surface area contributed by atoms with Crippen LogP contribution in [0.2, 0.25) is 0 Å². The highest BCUT2D eigenvalue weighted by atomic mass is 32.2. The van der Waals surface area contributed by atoms with Gasteiger partial charge in [0, 0.05) is 68.4 Å². The Balaban J connectivity index is 1.99. The summed E-state index contributed by atoms with van der Waals surface area (Å²) in [5, 5.41) is 8.71. The fourth-order valence-electron chi connectivity index (χ4n) is 3.89. The van der Waals surface area contributed by atoms with Gasteiger partial charge in [0.15, 0.2) is 9.84 Å². The number of nitrogens with one attached hydrogen (secondary N) is 3. The molecule has 10 nitrogen and oxygen atoms in total. The van der Waals surface area contributed by atoms with Crippen LogP contribution in [0, 0.1) is 0 Å². The summed E-state index contributed by atoms with van der Waals surface area (Å²) in [6.07, 6.45) is 5.34. The van der Waals surface area contributed by atoms with E-state index >= 15 is 0 Å². The first-order valence-electron chi connectivity index (χ1n) is 12.1. The van der Waals surface area contributed by atoms with Crippen LogP contribution >= 0.6 is 0 Å². The molecule has 2 aliphatic heterocycles. The molecule has 0 radical (unpaired) electrons. The minimum absolute atomic E-state index is 0.0192. The van der Waals surface area contributed by atoms with Crippen LogP contribution in [-0.4, -0.2) is 104 Å². The molecule has 2 aliphatic rings. The van der Waals surface area contributed by atoms with Gasteiger partial charge in [-0.05, 0) is 34.6 Å². The molecule has 0 aromatic rings. The molecule has 0 bridgehead atoms. The summed E-state index contributed by atoms with van der Waals surface area (Å²) in [6.45, 7) is 12.9. The van der Waals surface area contributed by atoms with Crippen LogP contribution in [0.3, 0.4) is 0 Å². The maximum Gasteiger partial charge on any atom is 0.247 e. The molecule has 2 saturated heterocycles. The molecule has 0 aliphatic carbocycles. The second-order valence-electron chi connectivity index (χ2n) is 10.9. The molecule has 35 heavy (non-hydrogen) atoms. The van der Waals surface area contributed by atoms with Crippen LogP contribution in [-0.2, 0) is 24.2 Å². The van der Waals surface area contributed by atoms with Crippen molar-refractivity contribution in [1.82, 2.24) is 25.8 Å². The molecule has 2 fully saturated rings. The zero-order valence-electron chi connectivity index (χ0n) is 21.6. The Bertz CT molecular complexity index is 936. The Morgan fingerprint density at radius 2 is 1.66 bits per heavy atom. The number of piperazine rings is 1. The number of carbonyl (C=O) groups excluding carboxylic acids is 3. The van der Waals surface area contributed by atoms with E-state index in [9.17, 15) is 22.8 Å². The molecule has 0 atom stereocenters. The molecular weight excluding hydrogens is 470 g/mol. The standard InChI is InChI=1S/C24H41N5O5S/c1-23(2,3)27-22(32)19(8-11-28-13-15-35(33,34)16-14-28)17-24(4,5)26-20(30)7-6-10-29-12-9-25-21(31)18-29/h6-8H,9-18H2,1-5H3,(H,25,31)(H,26,30)(H,27,32). The van der Waals surface area contributed by atoms with Gasteiger partial charge in [0.05, 0.1) is 18.1 Å². The van der Waals surface area contributed by atoms with Crippen LogP contribution in [0.4, 0.5) is 0 Å². The molecule has 3 N–H and O–H groups in total. The Morgan fingerprint density at radius 1 is 1.00 bits per heavy atom. The average molecular weight is 512 g/mol. The lowest BCUT2D eigenvalue weighted by molar-refractivity contribution is -0.124. The number of sulfone groups is 1. The van der Waals surface area contributed by atoms with Crippen molar-refractivity contribution in [2.45, 2.75) is 52.1 Å². The van der Waals surface area contributed by atoms with Gasteiger partial charge < -0.3 is 16.0 Å². The topological polar surface area (TPSA) is 128 Å². The quantitative estimate of drug-likeness (QED) is 0.367. The van der Waals surface area contributed by atoms with Gasteiger partial charge >= 0.3 is 0 Å². The number of nitrogens with zero attached hydrogens (tertiary/aromatic N) is 2. The van der Waals surface area contributed by atoms with Crippen molar-refractivity contribution in [3.8, 4) is 0 Å². The van der Waals surface area contributed by atoms with Crippen molar-refractivity contribution in [2.24, 2.45) is 0 Å². The van der Waals surface area contributed by atoms with Crippen molar-refractivity contribution in [3.63, 3.8) is 0 Å². The monoisotopic (exact) mass is 511 g/mol. The molecule has 0 saturated carbocycles. The van der Waals surface area contributed by atoms with Crippen LogP contribution < -0.4 is 16.0 Å². The SMILES string of the molecule is CC(C)(C)NC(=O)C(=CCN1CCS(=O)(=O)CC1)CC(C)(C)NC(=O)C=CCN1CCNC(=O)C1. The Kier molecular flexibility index (Phi) is 10.1. The Hall–Kier alpha value is -2.24. The predicted octanol–water partition coefficient (Wildman–Crippen LogP) is -0.169. The van der Waals surface area contributed by atoms with Gasteiger partial charge in [0.1, 0.15) is 0 Å². The third kappa shape index (κ3) is 11.4. The van der Waals surface area contributed by atoms with E-state index in [1.807, 2.05) is 50.5 Å². The normalized spacial score (nSPS) is 20.5.